The van der Waals surface area contributed by atoms with E-state index in [4.69, 9.17) is 15.0 Å². The molecular weight excluding hydrogens is 298 g/mol. The summed E-state index contributed by atoms with van der Waals surface area (Å²) in [6.07, 6.45) is 0.912. The van der Waals surface area contributed by atoms with Crippen molar-refractivity contribution in [2.24, 2.45) is 5.73 Å². The van der Waals surface area contributed by atoms with Crippen LogP contribution in [0.2, 0.25) is 0 Å². The first-order valence-electron chi connectivity index (χ1n) is 7.18. The van der Waals surface area contributed by atoms with Crippen molar-refractivity contribution in [2.45, 2.75) is 26.7 Å². The van der Waals surface area contributed by atoms with Crippen LogP contribution in [0.25, 0.3) is 0 Å². The molecule has 0 unspecified atom stereocenters. The molecule has 2 amide bonds. The Hall–Kier alpha value is -2.83. The van der Waals surface area contributed by atoms with Gasteiger partial charge in [-0.2, -0.15) is 0 Å². The van der Waals surface area contributed by atoms with Gasteiger partial charge in [0, 0.05) is 17.7 Å². The van der Waals surface area contributed by atoms with Crippen LogP contribution in [0.4, 0.5) is 5.69 Å². The molecule has 1 heterocycles. The number of rotatable bonds is 7. The highest BCUT2D eigenvalue weighted by molar-refractivity contribution is 5.90. The first-order chi connectivity index (χ1) is 11.0. The number of carbonyl (C=O) groups is 2. The lowest BCUT2D eigenvalue weighted by atomic mass is 10.1. The molecule has 0 bridgehead atoms. The van der Waals surface area contributed by atoms with E-state index in [2.05, 4.69) is 10.5 Å². The summed E-state index contributed by atoms with van der Waals surface area (Å²) >= 11 is 0. The second-order valence-corrected chi connectivity index (χ2v) is 5.13. The molecule has 0 aliphatic carbocycles. The van der Waals surface area contributed by atoms with E-state index < -0.39 is 5.91 Å². The van der Waals surface area contributed by atoms with Crippen LogP contribution in [0.1, 0.15) is 23.4 Å². The summed E-state index contributed by atoms with van der Waals surface area (Å²) in [7, 11) is 0. The van der Waals surface area contributed by atoms with Crippen molar-refractivity contribution in [1.82, 2.24) is 5.16 Å². The number of hydrogen-bond donors (Lipinski definition) is 2. The second-order valence-electron chi connectivity index (χ2n) is 5.13. The molecule has 0 aliphatic heterocycles. The average Bonchev–Trinajstić information content (AvgIpc) is 2.83. The Morgan fingerprint density at radius 3 is 2.52 bits per heavy atom. The number of aromatic nitrogens is 1. The van der Waals surface area contributed by atoms with Gasteiger partial charge in [0.25, 0.3) is 5.91 Å². The van der Waals surface area contributed by atoms with Gasteiger partial charge in [-0.05, 0) is 44.5 Å². The minimum atomic E-state index is -0.540. The van der Waals surface area contributed by atoms with Crippen molar-refractivity contribution in [3.05, 3.63) is 41.3 Å². The Labute approximate surface area is 133 Å². The van der Waals surface area contributed by atoms with Crippen molar-refractivity contribution in [1.29, 1.82) is 0 Å². The zero-order valence-electron chi connectivity index (χ0n) is 13.1. The van der Waals surface area contributed by atoms with E-state index in [0.717, 1.165) is 17.0 Å². The Kier molecular flexibility index (Phi) is 5.35. The Morgan fingerprint density at radius 1 is 1.26 bits per heavy atom. The van der Waals surface area contributed by atoms with Gasteiger partial charge in [-0.25, -0.2) is 0 Å². The fourth-order valence-corrected chi connectivity index (χ4v) is 2.11. The lowest BCUT2D eigenvalue weighted by Crippen LogP contribution is -2.20. The van der Waals surface area contributed by atoms with Crippen molar-refractivity contribution in [2.75, 3.05) is 11.9 Å². The molecule has 1 aromatic heterocycles. The van der Waals surface area contributed by atoms with Crippen LogP contribution in [0.15, 0.2) is 28.8 Å². The Balaban J connectivity index is 1.84. The molecule has 122 valence electrons. The van der Waals surface area contributed by atoms with Crippen molar-refractivity contribution >= 4 is 17.5 Å². The van der Waals surface area contributed by atoms with Gasteiger partial charge in [0.1, 0.15) is 11.5 Å². The summed E-state index contributed by atoms with van der Waals surface area (Å²) in [6.45, 7) is 3.51. The number of aryl methyl sites for hydroxylation is 2. The maximum atomic E-state index is 12.0. The third kappa shape index (κ3) is 4.84. The number of nitrogens with zero attached hydrogens (tertiary/aromatic N) is 1. The summed E-state index contributed by atoms with van der Waals surface area (Å²) in [5.41, 5.74) is 7.43. The highest BCUT2D eigenvalue weighted by Crippen LogP contribution is 2.17. The lowest BCUT2D eigenvalue weighted by Gasteiger charge is -2.07. The number of benzene rings is 1. The van der Waals surface area contributed by atoms with Crippen LogP contribution in [0, 0.1) is 13.8 Å². The normalized spacial score (nSPS) is 10.3. The standard InChI is InChI=1S/C16H19N3O4/c1-10-14(11(2)23-19-10)7-8-16(21)18-12-3-5-13(6-4-12)22-9-15(17)20/h3-6H,7-9H2,1-2H3,(H2,17,20)(H,18,21). The topological polar surface area (TPSA) is 107 Å². The fraction of sp³-hybridized carbons (Fsp3) is 0.312. The molecule has 2 aromatic rings. The van der Waals surface area contributed by atoms with Crippen LogP contribution >= 0.6 is 0 Å². The molecule has 0 radical (unpaired) electrons. The number of carbonyl (C=O) groups excluding carboxylic acids is 2. The van der Waals surface area contributed by atoms with E-state index in [0.29, 0.717) is 24.3 Å². The molecule has 0 saturated heterocycles. The molecule has 7 nitrogen and oxygen atoms in total. The summed E-state index contributed by atoms with van der Waals surface area (Å²) in [6, 6.07) is 6.72. The van der Waals surface area contributed by atoms with Gasteiger partial charge in [-0.3, -0.25) is 9.59 Å². The largest absolute Gasteiger partial charge is 0.484 e. The summed E-state index contributed by atoms with van der Waals surface area (Å²) in [4.78, 5) is 22.6. The molecule has 3 N–H and O–H groups in total. The van der Waals surface area contributed by atoms with E-state index in [9.17, 15) is 9.59 Å². The highest BCUT2D eigenvalue weighted by atomic mass is 16.5. The number of ether oxygens (including phenoxy) is 1. The average molecular weight is 317 g/mol. The van der Waals surface area contributed by atoms with E-state index in [1.54, 1.807) is 24.3 Å². The number of amides is 2. The first-order valence-corrected chi connectivity index (χ1v) is 7.18. The van der Waals surface area contributed by atoms with E-state index in [1.165, 1.54) is 0 Å². The number of primary amides is 1. The molecule has 7 heteroatoms. The van der Waals surface area contributed by atoms with Gasteiger partial charge in [-0.1, -0.05) is 5.16 Å². The van der Waals surface area contributed by atoms with Crippen molar-refractivity contribution < 1.29 is 18.8 Å². The van der Waals surface area contributed by atoms with Gasteiger partial charge in [0.2, 0.25) is 5.91 Å². The lowest BCUT2D eigenvalue weighted by molar-refractivity contribution is -0.120. The van der Waals surface area contributed by atoms with E-state index in [-0.39, 0.29) is 12.5 Å². The molecule has 0 aliphatic rings. The van der Waals surface area contributed by atoms with Gasteiger partial charge >= 0.3 is 0 Å². The summed E-state index contributed by atoms with van der Waals surface area (Å²) < 4.78 is 10.2. The molecule has 0 saturated carbocycles. The molecular formula is C16H19N3O4. The number of anilines is 1. The predicted molar refractivity (Wildman–Crippen MR) is 84.1 cm³/mol. The molecule has 23 heavy (non-hydrogen) atoms. The SMILES string of the molecule is Cc1noc(C)c1CCC(=O)Nc1ccc(OCC(N)=O)cc1. The van der Waals surface area contributed by atoms with Crippen molar-refractivity contribution in [3.63, 3.8) is 0 Å². The molecule has 0 spiro atoms. The molecule has 1 aromatic carbocycles. The zero-order valence-corrected chi connectivity index (χ0v) is 13.1. The van der Waals surface area contributed by atoms with E-state index in [1.807, 2.05) is 13.8 Å². The smallest absolute Gasteiger partial charge is 0.255 e. The fourth-order valence-electron chi connectivity index (χ4n) is 2.11. The van der Waals surface area contributed by atoms with Gasteiger partial charge in [0.05, 0.1) is 5.69 Å². The highest BCUT2D eigenvalue weighted by Gasteiger charge is 2.11. The summed E-state index contributed by atoms with van der Waals surface area (Å²) in [5.74, 6) is 0.612. The quantitative estimate of drug-likeness (QED) is 0.808. The maximum absolute atomic E-state index is 12.0. The van der Waals surface area contributed by atoms with Crippen molar-refractivity contribution in [3.8, 4) is 5.75 Å². The van der Waals surface area contributed by atoms with Crippen LogP contribution in [0.3, 0.4) is 0 Å². The second kappa shape index (κ2) is 7.44. The predicted octanol–water partition coefficient (Wildman–Crippen LogP) is 1.73. The number of nitrogens with two attached hydrogens (primary N) is 1. The van der Waals surface area contributed by atoms with Crippen LogP contribution in [-0.2, 0) is 16.0 Å². The Morgan fingerprint density at radius 2 is 1.96 bits per heavy atom. The maximum Gasteiger partial charge on any atom is 0.255 e. The van der Waals surface area contributed by atoms with Crippen LogP contribution in [-0.4, -0.2) is 23.6 Å². The van der Waals surface area contributed by atoms with Gasteiger partial charge in [-0.15, -0.1) is 0 Å². The first kappa shape index (κ1) is 16.5. The third-order valence-corrected chi connectivity index (χ3v) is 3.30. The van der Waals surface area contributed by atoms with Gasteiger partial charge < -0.3 is 20.3 Å². The number of hydrogen-bond acceptors (Lipinski definition) is 5. The molecule has 0 fully saturated rings. The van der Waals surface area contributed by atoms with E-state index >= 15 is 0 Å². The van der Waals surface area contributed by atoms with Crippen LogP contribution < -0.4 is 15.8 Å². The minimum Gasteiger partial charge on any atom is -0.484 e. The third-order valence-electron chi connectivity index (χ3n) is 3.30. The Bertz CT molecular complexity index is 672. The molecule has 0 atom stereocenters. The summed E-state index contributed by atoms with van der Waals surface area (Å²) in [5, 5.41) is 6.66. The minimum absolute atomic E-state index is 0.101. The zero-order chi connectivity index (χ0) is 16.8. The number of nitrogens with one attached hydrogen (secondary N) is 1. The monoisotopic (exact) mass is 317 g/mol. The van der Waals surface area contributed by atoms with Gasteiger partial charge in [0.15, 0.2) is 6.61 Å². The van der Waals surface area contributed by atoms with Crippen LogP contribution in [0.5, 0.6) is 5.75 Å². The molecule has 2 rings (SSSR count).